The van der Waals surface area contributed by atoms with Gasteiger partial charge in [-0.05, 0) is 75.2 Å². The first kappa shape index (κ1) is 19.5. The van der Waals surface area contributed by atoms with Gasteiger partial charge in [-0.1, -0.05) is 23.8 Å². The van der Waals surface area contributed by atoms with E-state index < -0.39 is 0 Å². The van der Waals surface area contributed by atoms with Gasteiger partial charge < -0.3 is 15.4 Å². The van der Waals surface area contributed by atoms with Gasteiger partial charge in [-0.15, -0.1) is 6.58 Å². The maximum atomic E-state index is 13.5. The van der Waals surface area contributed by atoms with Crippen LogP contribution in [0.15, 0.2) is 60.7 Å². The Balaban J connectivity index is 1.71. The van der Waals surface area contributed by atoms with Crippen molar-refractivity contribution in [3.05, 3.63) is 66.2 Å². The van der Waals surface area contributed by atoms with Gasteiger partial charge in [-0.2, -0.15) is 0 Å². The summed E-state index contributed by atoms with van der Waals surface area (Å²) in [6.07, 6.45) is 2.84. The lowest BCUT2D eigenvalue weighted by Gasteiger charge is -2.42. The lowest BCUT2D eigenvalue weighted by Crippen LogP contribution is -2.53. The predicted octanol–water partition coefficient (Wildman–Crippen LogP) is 4.70. The largest absolute Gasteiger partial charge is 0.497 e. The number of carbonyl (C=O) groups is 1. The van der Waals surface area contributed by atoms with Crippen molar-refractivity contribution in [3.8, 4) is 5.75 Å². The van der Waals surface area contributed by atoms with Crippen LogP contribution in [0, 0.1) is 0 Å². The van der Waals surface area contributed by atoms with E-state index in [1.807, 2.05) is 35.2 Å². The highest BCUT2D eigenvalue weighted by Crippen LogP contribution is 2.52. The monoisotopic (exact) mass is 391 g/mol. The molecule has 2 heterocycles. The molecule has 0 bridgehead atoms. The van der Waals surface area contributed by atoms with Crippen molar-refractivity contribution < 1.29 is 9.53 Å². The molecule has 5 heteroatoms. The molecule has 1 saturated heterocycles. The Hall–Kier alpha value is -2.79. The van der Waals surface area contributed by atoms with Gasteiger partial charge in [-0.3, -0.25) is 4.90 Å². The van der Waals surface area contributed by atoms with Crippen LogP contribution in [0.1, 0.15) is 31.7 Å². The van der Waals surface area contributed by atoms with Crippen molar-refractivity contribution in [1.29, 1.82) is 0 Å². The number of urea groups is 1. The fraction of sp³-hybridized carbons (Fsp3) is 0.375. The highest BCUT2D eigenvalue weighted by atomic mass is 16.5. The first-order valence-corrected chi connectivity index (χ1v) is 10.2. The fourth-order valence-electron chi connectivity index (χ4n) is 4.90. The number of piperidine rings is 1. The number of amides is 2. The summed E-state index contributed by atoms with van der Waals surface area (Å²) in [5.41, 5.74) is 4.14. The van der Waals surface area contributed by atoms with Gasteiger partial charge in [0, 0.05) is 16.8 Å². The van der Waals surface area contributed by atoms with Crippen LogP contribution < -0.4 is 20.3 Å². The average Bonchev–Trinajstić information content (AvgIpc) is 2.98. The SMILES string of the molecule is C=C(C)CC1N(C(=O)Nc2ccc(OC)cc2)c2ccccc2C12CCNCC2. The normalized spacial score (nSPS) is 19.7. The predicted molar refractivity (Wildman–Crippen MR) is 118 cm³/mol. The zero-order valence-electron chi connectivity index (χ0n) is 17.2. The number of para-hydroxylation sites is 1. The van der Waals surface area contributed by atoms with Crippen LogP contribution in [0.4, 0.5) is 16.2 Å². The van der Waals surface area contributed by atoms with Crippen LogP contribution in [0.5, 0.6) is 5.75 Å². The molecule has 4 rings (SSSR count). The van der Waals surface area contributed by atoms with Gasteiger partial charge >= 0.3 is 6.03 Å². The average molecular weight is 392 g/mol. The summed E-state index contributed by atoms with van der Waals surface area (Å²) in [5.74, 6) is 0.767. The van der Waals surface area contributed by atoms with E-state index in [2.05, 4.69) is 42.3 Å². The van der Waals surface area contributed by atoms with E-state index in [1.165, 1.54) is 5.56 Å². The number of rotatable bonds is 4. The van der Waals surface area contributed by atoms with E-state index in [-0.39, 0.29) is 17.5 Å². The van der Waals surface area contributed by atoms with Crippen molar-refractivity contribution in [2.75, 3.05) is 30.4 Å². The Bertz CT molecular complexity index is 901. The third-order valence-electron chi connectivity index (χ3n) is 6.25. The fourth-order valence-corrected chi connectivity index (χ4v) is 4.90. The molecule has 0 saturated carbocycles. The molecule has 2 aromatic rings. The van der Waals surface area contributed by atoms with Crippen LogP contribution >= 0.6 is 0 Å². The minimum atomic E-state index is -0.0933. The van der Waals surface area contributed by atoms with Crippen molar-refractivity contribution in [1.82, 2.24) is 5.32 Å². The zero-order chi connectivity index (χ0) is 20.4. The quantitative estimate of drug-likeness (QED) is 0.743. The van der Waals surface area contributed by atoms with Crippen LogP contribution in [0.25, 0.3) is 0 Å². The molecule has 1 atom stereocenters. The Morgan fingerprint density at radius 1 is 1.21 bits per heavy atom. The standard InChI is InChI=1S/C24H29N3O2/c1-17(2)16-22-24(12-14-25-15-13-24)20-6-4-5-7-21(20)27(22)23(28)26-18-8-10-19(29-3)11-9-18/h4-11,22,25H,1,12-16H2,2-3H3,(H,26,28). The summed E-state index contributed by atoms with van der Waals surface area (Å²) in [4.78, 5) is 15.5. The topological polar surface area (TPSA) is 53.6 Å². The van der Waals surface area contributed by atoms with Gasteiger partial charge in [0.05, 0.1) is 13.2 Å². The van der Waals surface area contributed by atoms with Crippen LogP contribution in [-0.4, -0.2) is 32.3 Å². The van der Waals surface area contributed by atoms with E-state index >= 15 is 0 Å². The molecule has 2 aromatic carbocycles. The second-order valence-electron chi connectivity index (χ2n) is 8.13. The first-order chi connectivity index (χ1) is 14.0. The molecular weight excluding hydrogens is 362 g/mol. The van der Waals surface area contributed by atoms with Gasteiger partial charge in [-0.25, -0.2) is 4.79 Å². The second kappa shape index (κ2) is 7.91. The molecule has 1 spiro atoms. The zero-order valence-corrected chi connectivity index (χ0v) is 17.2. The minimum Gasteiger partial charge on any atom is -0.497 e. The van der Waals surface area contributed by atoms with E-state index in [0.717, 1.165) is 55.0 Å². The summed E-state index contributed by atoms with van der Waals surface area (Å²) >= 11 is 0. The number of carbonyl (C=O) groups excluding carboxylic acids is 1. The van der Waals surface area contributed by atoms with Crippen molar-refractivity contribution in [2.45, 2.75) is 37.6 Å². The smallest absolute Gasteiger partial charge is 0.326 e. The summed E-state index contributed by atoms with van der Waals surface area (Å²) in [6.45, 7) is 8.16. The summed E-state index contributed by atoms with van der Waals surface area (Å²) < 4.78 is 5.22. The van der Waals surface area contributed by atoms with Gasteiger partial charge in [0.15, 0.2) is 0 Å². The second-order valence-corrected chi connectivity index (χ2v) is 8.13. The lowest BCUT2D eigenvalue weighted by atomic mass is 9.68. The Morgan fingerprint density at radius 2 is 1.90 bits per heavy atom. The molecule has 5 nitrogen and oxygen atoms in total. The number of nitrogens with one attached hydrogen (secondary N) is 2. The Morgan fingerprint density at radius 3 is 2.55 bits per heavy atom. The summed E-state index contributed by atoms with van der Waals surface area (Å²) in [7, 11) is 1.63. The van der Waals surface area contributed by atoms with Crippen molar-refractivity contribution >= 4 is 17.4 Å². The molecular formula is C24H29N3O2. The molecule has 152 valence electrons. The highest BCUT2D eigenvalue weighted by Gasteiger charge is 2.52. The number of hydrogen-bond acceptors (Lipinski definition) is 3. The Labute approximate surface area is 172 Å². The molecule has 2 N–H and O–H groups in total. The summed E-state index contributed by atoms with van der Waals surface area (Å²) in [5, 5.41) is 6.57. The van der Waals surface area contributed by atoms with Crippen LogP contribution in [-0.2, 0) is 5.41 Å². The van der Waals surface area contributed by atoms with Crippen molar-refractivity contribution in [3.63, 3.8) is 0 Å². The highest BCUT2D eigenvalue weighted by molar-refractivity contribution is 6.04. The van der Waals surface area contributed by atoms with E-state index in [9.17, 15) is 4.79 Å². The van der Waals surface area contributed by atoms with E-state index in [0.29, 0.717) is 0 Å². The number of anilines is 2. The number of ether oxygens (including phenoxy) is 1. The van der Waals surface area contributed by atoms with Gasteiger partial charge in [0.25, 0.3) is 0 Å². The number of hydrogen-bond donors (Lipinski definition) is 2. The summed E-state index contributed by atoms with van der Waals surface area (Å²) in [6, 6.07) is 15.8. The third kappa shape index (κ3) is 3.51. The number of nitrogens with zero attached hydrogens (tertiary/aromatic N) is 1. The lowest BCUT2D eigenvalue weighted by molar-refractivity contribution is 0.238. The third-order valence-corrected chi connectivity index (χ3v) is 6.25. The molecule has 2 amide bonds. The number of benzene rings is 2. The maximum Gasteiger partial charge on any atom is 0.326 e. The molecule has 29 heavy (non-hydrogen) atoms. The number of fused-ring (bicyclic) bond motifs is 2. The van der Waals surface area contributed by atoms with Crippen LogP contribution in [0.3, 0.4) is 0 Å². The molecule has 2 aliphatic rings. The van der Waals surface area contributed by atoms with E-state index in [4.69, 9.17) is 4.74 Å². The molecule has 1 unspecified atom stereocenters. The molecule has 2 aliphatic heterocycles. The maximum absolute atomic E-state index is 13.5. The molecule has 0 aliphatic carbocycles. The Kier molecular flexibility index (Phi) is 5.33. The molecule has 1 fully saturated rings. The number of methoxy groups -OCH3 is 1. The van der Waals surface area contributed by atoms with Gasteiger partial charge in [0.2, 0.25) is 0 Å². The minimum absolute atomic E-state index is 0.0297. The molecule has 0 aromatic heterocycles. The van der Waals surface area contributed by atoms with Crippen molar-refractivity contribution in [2.24, 2.45) is 0 Å². The van der Waals surface area contributed by atoms with E-state index in [1.54, 1.807) is 7.11 Å². The van der Waals surface area contributed by atoms with Gasteiger partial charge in [0.1, 0.15) is 5.75 Å². The molecule has 0 radical (unpaired) electrons. The van der Waals surface area contributed by atoms with Crippen LogP contribution in [0.2, 0.25) is 0 Å². The first-order valence-electron chi connectivity index (χ1n) is 10.2.